The third-order valence-corrected chi connectivity index (χ3v) is 4.67. The van der Waals surface area contributed by atoms with Gasteiger partial charge in [-0.3, -0.25) is 4.79 Å². The fourth-order valence-corrected chi connectivity index (χ4v) is 3.25. The molecular weight excluding hydrogens is 380 g/mol. The van der Waals surface area contributed by atoms with Crippen LogP contribution in [0.5, 0.6) is 11.5 Å². The van der Waals surface area contributed by atoms with Gasteiger partial charge in [0.2, 0.25) is 5.91 Å². The molecule has 1 amide bonds. The molecule has 29 heavy (non-hydrogen) atoms. The van der Waals surface area contributed by atoms with Crippen LogP contribution in [0.1, 0.15) is 31.9 Å². The van der Waals surface area contributed by atoms with Gasteiger partial charge >= 0.3 is 0 Å². The summed E-state index contributed by atoms with van der Waals surface area (Å²) in [6.45, 7) is 4.28. The van der Waals surface area contributed by atoms with Gasteiger partial charge in [-0.15, -0.1) is 0 Å². The Balaban J connectivity index is 1.51. The molecule has 1 saturated heterocycles. The fourth-order valence-electron chi connectivity index (χ4n) is 3.25. The van der Waals surface area contributed by atoms with Gasteiger partial charge in [0.15, 0.2) is 0 Å². The van der Waals surface area contributed by atoms with Crippen LogP contribution in [0, 0.1) is 0 Å². The molecule has 156 valence electrons. The molecule has 1 aromatic heterocycles. The van der Waals surface area contributed by atoms with Crippen molar-refractivity contribution < 1.29 is 23.0 Å². The zero-order valence-corrected chi connectivity index (χ0v) is 16.5. The summed E-state index contributed by atoms with van der Waals surface area (Å²) < 4.78 is 35.4. The molecular formula is C21H25F2N3O3. The molecule has 1 unspecified atom stereocenters. The van der Waals surface area contributed by atoms with Crippen molar-refractivity contribution >= 4 is 11.7 Å². The summed E-state index contributed by atoms with van der Waals surface area (Å²) in [7, 11) is 0. The number of carbonyl (C=O) groups is 1. The number of hydrogen-bond donors (Lipinski definition) is 1. The number of carbonyl (C=O) groups excluding carboxylic acids is 1. The Kier molecular flexibility index (Phi) is 6.85. The van der Waals surface area contributed by atoms with E-state index < -0.39 is 13.0 Å². The SMILES string of the molecule is CC(=O)N[C@@H](C)c1ccc(OC2CCN(c3ccc(OCC(F)F)cn3)C2)cc1. The molecule has 0 saturated carbocycles. The Labute approximate surface area is 168 Å². The van der Waals surface area contributed by atoms with Gasteiger partial charge < -0.3 is 19.7 Å². The van der Waals surface area contributed by atoms with Gasteiger partial charge in [0.25, 0.3) is 6.43 Å². The molecule has 0 bridgehead atoms. The van der Waals surface area contributed by atoms with Crippen molar-refractivity contribution in [3.63, 3.8) is 0 Å². The highest BCUT2D eigenvalue weighted by Gasteiger charge is 2.25. The molecule has 1 aromatic carbocycles. The van der Waals surface area contributed by atoms with E-state index in [1.54, 1.807) is 12.1 Å². The molecule has 1 N–H and O–H groups in total. The number of benzene rings is 1. The number of aromatic nitrogens is 1. The van der Waals surface area contributed by atoms with Gasteiger partial charge in [-0.2, -0.15) is 0 Å². The van der Waals surface area contributed by atoms with Crippen LogP contribution in [0.15, 0.2) is 42.6 Å². The van der Waals surface area contributed by atoms with Crippen LogP contribution in [0.4, 0.5) is 14.6 Å². The number of hydrogen-bond acceptors (Lipinski definition) is 5. The summed E-state index contributed by atoms with van der Waals surface area (Å²) in [4.78, 5) is 17.6. The van der Waals surface area contributed by atoms with Crippen molar-refractivity contribution in [3.05, 3.63) is 48.2 Å². The molecule has 1 aliphatic heterocycles. The lowest BCUT2D eigenvalue weighted by atomic mass is 10.1. The first-order chi connectivity index (χ1) is 13.9. The quantitative estimate of drug-likeness (QED) is 0.727. The Morgan fingerprint density at radius 2 is 1.97 bits per heavy atom. The number of anilines is 1. The summed E-state index contributed by atoms with van der Waals surface area (Å²) in [6.07, 6.45) is -0.157. The number of halogens is 2. The first kappa shape index (κ1) is 20.8. The van der Waals surface area contributed by atoms with Gasteiger partial charge in [-0.05, 0) is 36.8 Å². The standard InChI is InChI=1S/C21H25F2N3O3/c1-14(25-15(2)27)16-3-5-17(6-4-16)29-19-9-10-26(12-19)21-8-7-18(11-24-21)28-13-20(22)23/h3-8,11,14,19-20H,9-10,12-13H2,1-2H3,(H,25,27)/t14-,19?/m0/s1. The second-order valence-electron chi connectivity index (χ2n) is 7.02. The maximum absolute atomic E-state index is 12.2. The smallest absolute Gasteiger partial charge is 0.272 e. The zero-order valence-electron chi connectivity index (χ0n) is 16.5. The highest BCUT2D eigenvalue weighted by Crippen LogP contribution is 2.25. The van der Waals surface area contributed by atoms with Crippen LogP contribution in [-0.4, -0.2) is 43.1 Å². The second kappa shape index (κ2) is 9.54. The molecule has 2 atom stereocenters. The third kappa shape index (κ3) is 6.04. The number of nitrogens with zero attached hydrogens (tertiary/aromatic N) is 2. The van der Waals surface area contributed by atoms with E-state index in [1.165, 1.54) is 13.1 Å². The van der Waals surface area contributed by atoms with Gasteiger partial charge in [0.1, 0.15) is 30.0 Å². The lowest BCUT2D eigenvalue weighted by Crippen LogP contribution is -2.25. The largest absolute Gasteiger partial charge is 0.489 e. The number of ether oxygens (including phenoxy) is 2. The van der Waals surface area contributed by atoms with Gasteiger partial charge in [0, 0.05) is 19.9 Å². The molecule has 0 spiro atoms. The van der Waals surface area contributed by atoms with Crippen LogP contribution < -0.4 is 19.7 Å². The van der Waals surface area contributed by atoms with Crippen molar-refractivity contribution in [1.82, 2.24) is 10.3 Å². The highest BCUT2D eigenvalue weighted by atomic mass is 19.3. The number of alkyl halides is 2. The van der Waals surface area contributed by atoms with Gasteiger partial charge in [0.05, 0.1) is 18.8 Å². The van der Waals surface area contributed by atoms with E-state index >= 15 is 0 Å². The average molecular weight is 405 g/mol. The van der Waals surface area contributed by atoms with E-state index in [2.05, 4.69) is 15.2 Å². The summed E-state index contributed by atoms with van der Waals surface area (Å²) in [5.41, 5.74) is 1.01. The maximum atomic E-state index is 12.2. The molecule has 2 heterocycles. The minimum atomic E-state index is -2.51. The normalized spacial score (nSPS) is 17.3. The van der Waals surface area contributed by atoms with Crippen LogP contribution in [0.3, 0.4) is 0 Å². The maximum Gasteiger partial charge on any atom is 0.272 e. The molecule has 0 aliphatic carbocycles. The molecule has 1 fully saturated rings. The molecule has 1 aliphatic rings. The summed E-state index contributed by atoms with van der Waals surface area (Å²) >= 11 is 0. The Hall–Kier alpha value is -2.90. The predicted molar refractivity (Wildman–Crippen MR) is 106 cm³/mol. The van der Waals surface area contributed by atoms with E-state index in [1.807, 2.05) is 31.2 Å². The molecule has 0 radical (unpaired) electrons. The Morgan fingerprint density at radius 1 is 1.24 bits per heavy atom. The summed E-state index contributed by atoms with van der Waals surface area (Å²) in [6, 6.07) is 11.1. The van der Waals surface area contributed by atoms with Crippen molar-refractivity contribution in [2.45, 2.75) is 38.8 Å². The molecule has 3 rings (SSSR count). The summed E-state index contributed by atoms with van der Waals surface area (Å²) in [5, 5.41) is 2.85. The molecule has 8 heteroatoms. The average Bonchev–Trinajstić information content (AvgIpc) is 3.15. The molecule has 6 nitrogen and oxygen atoms in total. The fraction of sp³-hybridized carbons (Fsp3) is 0.429. The topological polar surface area (TPSA) is 63.7 Å². The Bertz CT molecular complexity index is 800. The van der Waals surface area contributed by atoms with E-state index in [4.69, 9.17) is 9.47 Å². The van der Waals surface area contributed by atoms with E-state index in [0.717, 1.165) is 30.1 Å². The van der Waals surface area contributed by atoms with E-state index in [9.17, 15) is 13.6 Å². The minimum Gasteiger partial charge on any atom is -0.489 e. The Morgan fingerprint density at radius 3 is 2.59 bits per heavy atom. The number of rotatable bonds is 8. The minimum absolute atomic E-state index is 0.0326. The van der Waals surface area contributed by atoms with Gasteiger partial charge in [-0.1, -0.05) is 12.1 Å². The number of nitrogens with one attached hydrogen (secondary N) is 1. The first-order valence-electron chi connectivity index (χ1n) is 9.56. The first-order valence-corrected chi connectivity index (χ1v) is 9.56. The van der Waals surface area contributed by atoms with Crippen molar-refractivity contribution in [1.29, 1.82) is 0 Å². The lowest BCUT2D eigenvalue weighted by molar-refractivity contribution is -0.119. The van der Waals surface area contributed by atoms with Crippen LogP contribution in [0.2, 0.25) is 0 Å². The monoisotopic (exact) mass is 405 g/mol. The predicted octanol–water partition coefficient (Wildman–Crippen LogP) is 3.58. The summed E-state index contributed by atoms with van der Waals surface area (Å²) in [5.74, 6) is 1.81. The van der Waals surface area contributed by atoms with Crippen LogP contribution >= 0.6 is 0 Å². The van der Waals surface area contributed by atoms with Gasteiger partial charge in [-0.25, -0.2) is 13.8 Å². The van der Waals surface area contributed by atoms with Crippen molar-refractivity contribution in [2.24, 2.45) is 0 Å². The van der Waals surface area contributed by atoms with Crippen molar-refractivity contribution in [3.8, 4) is 11.5 Å². The number of amides is 1. The second-order valence-corrected chi connectivity index (χ2v) is 7.02. The number of pyridine rings is 1. The lowest BCUT2D eigenvalue weighted by Gasteiger charge is -2.19. The van der Waals surface area contributed by atoms with E-state index in [0.29, 0.717) is 12.3 Å². The highest BCUT2D eigenvalue weighted by molar-refractivity contribution is 5.73. The third-order valence-electron chi connectivity index (χ3n) is 4.67. The van der Waals surface area contributed by atoms with Crippen LogP contribution in [-0.2, 0) is 4.79 Å². The van der Waals surface area contributed by atoms with E-state index in [-0.39, 0.29) is 18.1 Å². The van der Waals surface area contributed by atoms with Crippen LogP contribution in [0.25, 0.3) is 0 Å². The zero-order chi connectivity index (χ0) is 20.8. The molecule has 2 aromatic rings. The van der Waals surface area contributed by atoms with Crippen molar-refractivity contribution in [2.75, 3.05) is 24.6 Å².